The number of aromatic nitrogens is 2. The lowest BCUT2D eigenvalue weighted by Crippen LogP contribution is -2.36. The first-order chi connectivity index (χ1) is 15.5. The molecule has 0 saturated carbocycles. The van der Waals surface area contributed by atoms with Gasteiger partial charge in [0.2, 0.25) is 12.1 Å². The van der Waals surface area contributed by atoms with Gasteiger partial charge in [0.05, 0.1) is 19.7 Å². The molecule has 32 heavy (non-hydrogen) atoms. The predicted molar refractivity (Wildman–Crippen MR) is 111 cm³/mol. The Kier molecular flexibility index (Phi) is 6.02. The lowest BCUT2D eigenvalue weighted by atomic mass is 9.95. The maximum Gasteiger partial charge on any atom is 0.295 e. The monoisotopic (exact) mass is 435 g/mol. The van der Waals surface area contributed by atoms with Gasteiger partial charge in [-0.25, -0.2) is 8.96 Å². The molecule has 8 heteroatoms. The predicted octanol–water partition coefficient (Wildman–Crippen LogP) is 1.76. The van der Waals surface area contributed by atoms with Crippen molar-refractivity contribution < 1.29 is 28.4 Å². The third-order valence-corrected chi connectivity index (χ3v) is 5.48. The normalized spacial score (nSPS) is 17.7. The van der Waals surface area contributed by atoms with E-state index in [9.17, 15) is 19.1 Å². The Bertz CT molecular complexity index is 1170. The Balaban J connectivity index is 1.76. The summed E-state index contributed by atoms with van der Waals surface area (Å²) in [6.07, 6.45) is 5.91. The van der Waals surface area contributed by atoms with Crippen LogP contribution in [0.25, 0.3) is 5.76 Å². The summed E-state index contributed by atoms with van der Waals surface area (Å²) < 4.78 is 21.8. The fourth-order valence-electron chi connectivity index (χ4n) is 3.92. The molecule has 1 aliphatic heterocycles. The van der Waals surface area contributed by atoms with E-state index in [1.165, 1.54) is 36.3 Å². The number of hydrogen-bond acceptors (Lipinski definition) is 4. The number of likely N-dealkylation sites (tertiary alicyclic amines) is 1. The van der Waals surface area contributed by atoms with Gasteiger partial charge in [0, 0.05) is 24.1 Å². The molecule has 2 heterocycles. The van der Waals surface area contributed by atoms with Gasteiger partial charge < -0.3 is 14.7 Å². The molecule has 2 aromatic carbocycles. The number of carbonyl (C=O) groups excluding carboxylic acids is 2. The molecule has 0 radical (unpaired) electrons. The number of ether oxygens (including phenoxy) is 1. The van der Waals surface area contributed by atoms with Gasteiger partial charge in [-0.3, -0.25) is 14.6 Å². The van der Waals surface area contributed by atoms with E-state index in [2.05, 4.69) is 4.98 Å². The number of aryl methyl sites for hydroxylation is 1. The van der Waals surface area contributed by atoms with Gasteiger partial charge in [0.1, 0.15) is 24.0 Å². The molecule has 1 amide bonds. The van der Waals surface area contributed by atoms with Gasteiger partial charge in [0.15, 0.2) is 0 Å². The SMILES string of the molecule is COc1cccc(/C([O-])=C2\C(=O)C(=O)N(CCC[n+]3cc[nH]c3)C2c2ccccc2F)c1. The van der Waals surface area contributed by atoms with Crippen LogP contribution in [0, 0.1) is 5.82 Å². The van der Waals surface area contributed by atoms with Crippen molar-refractivity contribution in [3.05, 3.63) is 89.8 Å². The van der Waals surface area contributed by atoms with Gasteiger partial charge in [-0.05, 0) is 23.8 Å². The molecule has 3 aromatic rings. The number of Topliss-reactive ketones (excluding diaryl/α,β-unsaturated/α-hetero) is 1. The molecule has 1 atom stereocenters. The molecule has 1 aliphatic rings. The molecule has 1 aromatic heterocycles. The summed E-state index contributed by atoms with van der Waals surface area (Å²) in [5, 5.41) is 13.3. The number of nitrogens with one attached hydrogen (secondary N) is 1. The summed E-state index contributed by atoms with van der Waals surface area (Å²) >= 11 is 0. The number of halogens is 1. The molecule has 0 bridgehead atoms. The van der Waals surface area contributed by atoms with E-state index in [1.54, 1.807) is 36.8 Å². The highest BCUT2D eigenvalue weighted by molar-refractivity contribution is 6.46. The minimum Gasteiger partial charge on any atom is -0.872 e. The summed E-state index contributed by atoms with van der Waals surface area (Å²) in [6.45, 7) is 0.779. The third-order valence-electron chi connectivity index (χ3n) is 5.48. The molecule has 0 spiro atoms. The molecule has 1 saturated heterocycles. The second-order valence-corrected chi connectivity index (χ2v) is 7.43. The zero-order valence-electron chi connectivity index (χ0n) is 17.5. The second-order valence-electron chi connectivity index (χ2n) is 7.43. The van der Waals surface area contributed by atoms with Crippen molar-refractivity contribution >= 4 is 17.4 Å². The highest BCUT2D eigenvalue weighted by atomic mass is 19.1. The molecule has 1 N–H and O–H groups in total. The summed E-state index contributed by atoms with van der Waals surface area (Å²) in [6, 6.07) is 11.1. The van der Waals surface area contributed by atoms with Gasteiger partial charge in [-0.2, -0.15) is 0 Å². The smallest absolute Gasteiger partial charge is 0.295 e. The topological polar surface area (TPSA) is 89.3 Å². The summed E-state index contributed by atoms with van der Waals surface area (Å²) in [5.41, 5.74) is 0.0708. The first kappa shape index (κ1) is 21.3. The van der Waals surface area contributed by atoms with Crippen molar-refractivity contribution in [2.45, 2.75) is 19.0 Å². The minimum absolute atomic E-state index is 0.118. The zero-order chi connectivity index (χ0) is 22.7. The quantitative estimate of drug-likeness (QED) is 0.265. The molecule has 1 fully saturated rings. The van der Waals surface area contributed by atoms with Gasteiger partial charge >= 0.3 is 0 Å². The van der Waals surface area contributed by atoms with Crippen LogP contribution >= 0.6 is 0 Å². The summed E-state index contributed by atoms with van der Waals surface area (Å²) in [5.74, 6) is -2.46. The van der Waals surface area contributed by atoms with E-state index in [-0.39, 0.29) is 23.2 Å². The van der Waals surface area contributed by atoms with Gasteiger partial charge in [-0.1, -0.05) is 36.1 Å². The van der Waals surface area contributed by atoms with Crippen LogP contribution < -0.4 is 14.4 Å². The number of carbonyl (C=O) groups is 2. The highest BCUT2D eigenvalue weighted by Crippen LogP contribution is 2.39. The number of imidazole rings is 1. The van der Waals surface area contributed by atoms with Crippen molar-refractivity contribution in [3.63, 3.8) is 0 Å². The largest absolute Gasteiger partial charge is 0.872 e. The average molecular weight is 435 g/mol. The number of methoxy groups -OCH3 is 1. The molecule has 0 aliphatic carbocycles. The average Bonchev–Trinajstić information content (AvgIpc) is 3.41. The Hall–Kier alpha value is -3.94. The summed E-state index contributed by atoms with van der Waals surface area (Å²) in [7, 11) is 1.47. The first-order valence-corrected chi connectivity index (χ1v) is 10.2. The van der Waals surface area contributed by atoms with Crippen LogP contribution in [-0.2, 0) is 16.1 Å². The number of rotatable bonds is 7. The van der Waals surface area contributed by atoms with Crippen LogP contribution in [0.1, 0.15) is 23.6 Å². The zero-order valence-corrected chi connectivity index (χ0v) is 17.5. The van der Waals surface area contributed by atoms with E-state index >= 15 is 0 Å². The molecule has 164 valence electrons. The van der Waals surface area contributed by atoms with Crippen molar-refractivity contribution in [1.82, 2.24) is 9.88 Å². The number of aromatic amines is 1. The molecule has 7 nitrogen and oxygen atoms in total. The molecule has 4 rings (SSSR count). The Morgan fingerprint density at radius 3 is 2.75 bits per heavy atom. The number of benzene rings is 2. The standard InChI is InChI=1S/C24H22FN3O4/c1-32-17-7-4-6-16(14-17)22(29)20-21(18-8-2-3-9-19(18)25)28(24(31)23(20)30)12-5-11-27-13-10-26-15-27/h2-4,6-10,13-15,21H,5,11-12H2,1H3,(H,29,30). The summed E-state index contributed by atoms with van der Waals surface area (Å²) in [4.78, 5) is 30.1. The lowest BCUT2D eigenvalue weighted by Gasteiger charge is -2.27. The number of H-pyrrole nitrogens is 1. The van der Waals surface area contributed by atoms with Crippen LogP contribution in [0.15, 0.2) is 72.8 Å². The van der Waals surface area contributed by atoms with Crippen molar-refractivity contribution in [3.8, 4) is 5.75 Å². The van der Waals surface area contributed by atoms with Crippen molar-refractivity contribution in [2.24, 2.45) is 0 Å². The number of hydrogen-bond donors (Lipinski definition) is 1. The molecular formula is C24H22FN3O4. The number of ketones is 1. The Morgan fingerprint density at radius 2 is 2.03 bits per heavy atom. The van der Waals surface area contributed by atoms with Crippen LogP contribution in [0.2, 0.25) is 0 Å². The second kappa shape index (κ2) is 9.05. The Labute approximate surface area is 184 Å². The molecule has 1 unspecified atom stereocenters. The minimum atomic E-state index is -1.09. The Morgan fingerprint density at radius 1 is 1.22 bits per heavy atom. The van der Waals surface area contributed by atoms with E-state index in [1.807, 2.05) is 10.8 Å². The van der Waals surface area contributed by atoms with Crippen LogP contribution in [0.5, 0.6) is 5.75 Å². The van der Waals surface area contributed by atoms with Crippen LogP contribution in [0.4, 0.5) is 4.39 Å². The van der Waals surface area contributed by atoms with Crippen molar-refractivity contribution in [2.75, 3.05) is 13.7 Å². The molecular weight excluding hydrogens is 413 g/mol. The van der Waals surface area contributed by atoms with Gasteiger partial charge in [-0.15, -0.1) is 0 Å². The maximum atomic E-state index is 14.8. The number of nitrogens with zero attached hydrogens (tertiary/aromatic N) is 2. The highest BCUT2D eigenvalue weighted by Gasteiger charge is 2.44. The van der Waals surface area contributed by atoms with Crippen LogP contribution in [-0.4, -0.2) is 35.2 Å². The van der Waals surface area contributed by atoms with Crippen molar-refractivity contribution in [1.29, 1.82) is 0 Å². The number of amides is 1. The van der Waals surface area contributed by atoms with E-state index in [0.717, 1.165) is 0 Å². The fourth-order valence-corrected chi connectivity index (χ4v) is 3.92. The van der Waals surface area contributed by atoms with E-state index in [0.29, 0.717) is 18.7 Å². The lowest BCUT2D eigenvalue weighted by molar-refractivity contribution is -0.695. The third kappa shape index (κ3) is 3.99. The van der Waals surface area contributed by atoms with E-state index < -0.39 is 29.3 Å². The van der Waals surface area contributed by atoms with Crippen LogP contribution in [0.3, 0.4) is 0 Å². The van der Waals surface area contributed by atoms with Gasteiger partial charge in [0.25, 0.3) is 5.91 Å². The first-order valence-electron chi connectivity index (χ1n) is 10.2. The maximum absolute atomic E-state index is 14.8. The fraction of sp³-hybridized carbons (Fsp3) is 0.208. The van der Waals surface area contributed by atoms with E-state index in [4.69, 9.17) is 4.74 Å².